The molecule has 2 rings (SSSR count). The smallest absolute Gasteiger partial charge is 0.220 e. The van der Waals surface area contributed by atoms with Crippen LogP contribution in [0.1, 0.15) is 26.2 Å². The highest BCUT2D eigenvalue weighted by atomic mass is 79.9. The van der Waals surface area contributed by atoms with Crippen LogP contribution in [-0.4, -0.2) is 23.0 Å². The van der Waals surface area contributed by atoms with Crippen molar-refractivity contribution < 1.29 is 9.21 Å². The Bertz CT molecular complexity index is 647. The number of halogens is 1. The number of nitrogens with zero attached hydrogens (tertiary/aromatic N) is 1. The maximum atomic E-state index is 11.8. The largest absolute Gasteiger partial charge is 0.441 e. The fraction of sp³-hybridized carbons (Fsp3) is 0.375. The van der Waals surface area contributed by atoms with Crippen molar-refractivity contribution in [2.75, 3.05) is 6.54 Å². The van der Waals surface area contributed by atoms with Crippen molar-refractivity contribution in [1.29, 1.82) is 0 Å². The molecule has 0 fully saturated rings. The highest BCUT2D eigenvalue weighted by Gasteiger charge is 2.14. The van der Waals surface area contributed by atoms with E-state index in [1.807, 2.05) is 38.1 Å². The molecule has 0 saturated heterocycles. The van der Waals surface area contributed by atoms with E-state index in [1.165, 1.54) is 0 Å². The van der Waals surface area contributed by atoms with Crippen LogP contribution < -0.4 is 11.1 Å². The number of hydrogen-bond acceptors (Lipinski definition) is 4. The van der Waals surface area contributed by atoms with E-state index < -0.39 is 5.54 Å². The average molecular weight is 366 g/mol. The molecule has 2 aromatic rings. The number of benzene rings is 1. The zero-order valence-corrected chi connectivity index (χ0v) is 14.3. The normalized spacial score (nSPS) is 11.5. The molecule has 0 spiro atoms. The predicted octanol–water partition coefficient (Wildman–Crippen LogP) is 2.89. The van der Waals surface area contributed by atoms with Crippen molar-refractivity contribution in [2.45, 2.75) is 32.2 Å². The summed E-state index contributed by atoms with van der Waals surface area (Å²) < 4.78 is 6.65. The molecule has 1 amide bonds. The lowest BCUT2D eigenvalue weighted by Crippen LogP contribution is -2.45. The molecule has 6 heteroatoms. The van der Waals surface area contributed by atoms with Crippen LogP contribution in [0.3, 0.4) is 0 Å². The van der Waals surface area contributed by atoms with Gasteiger partial charge in [0.05, 0.1) is 6.20 Å². The van der Waals surface area contributed by atoms with Crippen LogP contribution in [0.25, 0.3) is 11.3 Å². The number of nitrogens with one attached hydrogen (secondary N) is 1. The van der Waals surface area contributed by atoms with Gasteiger partial charge in [-0.25, -0.2) is 4.98 Å². The van der Waals surface area contributed by atoms with E-state index >= 15 is 0 Å². The third-order valence-corrected chi connectivity index (χ3v) is 3.69. The summed E-state index contributed by atoms with van der Waals surface area (Å²) in [6.45, 7) is 4.18. The topological polar surface area (TPSA) is 81.1 Å². The highest BCUT2D eigenvalue weighted by Crippen LogP contribution is 2.28. The van der Waals surface area contributed by atoms with Crippen LogP contribution in [0.2, 0.25) is 0 Å². The average Bonchev–Trinajstić information content (AvgIpc) is 2.91. The van der Waals surface area contributed by atoms with Crippen molar-refractivity contribution in [3.05, 3.63) is 40.8 Å². The van der Waals surface area contributed by atoms with Crippen LogP contribution in [0.15, 0.2) is 39.4 Å². The predicted molar refractivity (Wildman–Crippen MR) is 89.2 cm³/mol. The quantitative estimate of drug-likeness (QED) is 0.824. The summed E-state index contributed by atoms with van der Waals surface area (Å²) >= 11 is 3.48. The van der Waals surface area contributed by atoms with Gasteiger partial charge >= 0.3 is 0 Å². The first-order valence-corrected chi connectivity index (χ1v) is 7.90. The van der Waals surface area contributed by atoms with E-state index in [0.29, 0.717) is 31.0 Å². The Morgan fingerprint density at radius 1 is 1.41 bits per heavy atom. The van der Waals surface area contributed by atoms with Crippen LogP contribution >= 0.6 is 15.9 Å². The van der Waals surface area contributed by atoms with E-state index in [-0.39, 0.29) is 5.91 Å². The number of oxazole rings is 1. The minimum Gasteiger partial charge on any atom is -0.441 e. The molecular weight excluding hydrogens is 346 g/mol. The number of aryl methyl sites for hydroxylation is 1. The van der Waals surface area contributed by atoms with Gasteiger partial charge in [0.15, 0.2) is 11.7 Å². The number of amides is 1. The summed E-state index contributed by atoms with van der Waals surface area (Å²) in [5.41, 5.74) is 6.35. The molecule has 0 unspecified atom stereocenters. The van der Waals surface area contributed by atoms with Crippen molar-refractivity contribution >= 4 is 21.8 Å². The molecule has 0 bridgehead atoms. The van der Waals surface area contributed by atoms with E-state index in [2.05, 4.69) is 26.2 Å². The van der Waals surface area contributed by atoms with Crippen LogP contribution in [0.5, 0.6) is 0 Å². The molecule has 3 N–H and O–H groups in total. The second-order valence-corrected chi connectivity index (χ2v) is 6.72. The second-order valence-electron chi connectivity index (χ2n) is 5.86. The summed E-state index contributed by atoms with van der Waals surface area (Å²) in [6, 6.07) is 7.77. The molecular formula is C16H20BrN3O2. The van der Waals surface area contributed by atoms with Gasteiger partial charge < -0.3 is 15.5 Å². The first kappa shape index (κ1) is 16.7. The van der Waals surface area contributed by atoms with Crippen LogP contribution in [0, 0.1) is 0 Å². The minimum absolute atomic E-state index is 0.0563. The van der Waals surface area contributed by atoms with Gasteiger partial charge in [0.2, 0.25) is 5.91 Å². The molecule has 0 aliphatic carbocycles. The maximum Gasteiger partial charge on any atom is 0.220 e. The van der Waals surface area contributed by atoms with Crippen molar-refractivity contribution in [3.63, 3.8) is 0 Å². The zero-order valence-electron chi connectivity index (χ0n) is 12.7. The Morgan fingerprint density at radius 3 is 2.82 bits per heavy atom. The monoisotopic (exact) mass is 365 g/mol. The summed E-state index contributed by atoms with van der Waals surface area (Å²) in [7, 11) is 0. The Hall–Kier alpha value is -1.66. The molecule has 1 aromatic carbocycles. The lowest BCUT2D eigenvalue weighted by molar-refractivity contribution is -0.121. The zero-order chi connectivity index (χ0) is 16.2. The summed E-state index contributed by atoms with van der Waals surface area (Å²) in [5.74, 6) is 1.18. The number of nitrogens with two attached hydrogens (primary N) is 1. The highest BCUT2D eigenvalue weighted by molar-refractivity contribution is 9.10. The summed E-state index contributed by atoms with van der Waals surface area (Å²) in [5, 5.41) is 2.80. The summed E-state index contributed by atoms with van der Waals surface area (Å²) in [6.07, 6.45) is 2.46. The molecule has 0 atom stereocenters. The third-order valence-electron chi connectivity index (χ3n) is 3.00. The van der Waals surface area contributed by atoms with Crippen LogP contribution in [-0.2, 0) is 11.2 Å². The maximum absolute atomic E-state index is 11.8. The van der Waals surface area contributed by atoms with Crippen molar-refractivity contribution in [3.8, 4) is 11.3 Å². The van der Waals surface area contributed by atoms with E-state index in [9.17, 15) is 4.79 Å². The van der Waals surface area contributed by atoms with Gasteiger partial charge in [0.1, 0.15) is 0 Å². The Morgan fingerprint density at radius 2 is 2.14 bits per heavy atom. The van der Waals surface area contributed by atoms with E-state index in [1.54, 1.807) is 6.20 Å². The van der Waals surface area contributed by atoms with Gasteiger partial charge in [0, 0.05) is 35.0 Å². The lowest BCUT2D eigenvalue weighted by atomic mass is 10.1. The van der Waals surface area contributed by atoms with E-state index in [4.69, 9.17) is 10.2 Å². The van der Waals surface area contributed by atoms with Gasteiger partial charge in [-0.2, -0.15) is 0 Å². The molecule has 118 valence electrons. The number of carbonyl (C=O) groups is 1. The molecule has 0 aliphatic rings. The molecule has 0 saturated carbocycles. The number of rotatable bonds is 6. The van der Waals surface area contributed by atoms with E-state index in [0.717, 1.165) is 10.0 Å². The molecule has 1 aromatic heterocycles. The van der Waals surface area contributed by atoms with Gasteiger partial charge in [-0.15, -0.1) is 0 Å². The fourth-order valence-corrected chi connectivity index (χ4v) is 2.33. The Kier molecular flexibility index (Phi) is 5.37. The fourth-order valence-electron chi connectivity index (χ4n) is 1.85. The van der Waals surface area contributed by atoms with Crippen molar-refractivity contribution in [1.82, 2.24) is 10.3 Å². The molecule has 0 aliphatic heterocycles. The first-order chi connectivity index (χ1) is 10.3. The van der Waals surface area contributed by atoms with Gasteiger partial charge in [-0.3, -0.25) is 4.79 Å². The second kappa shape index (κ2) is 7.07. The molecule has 0 radical (unpaired) electrons. The van der Waals surface area contributed by atoms with Gasteiger partial charge in [-0.1, -0.05) is 34.1 Å². The number of aromatic nitrogens is 1. The van der Waals surface area contributed by atoms with Gasteiger partial charge in [-0.05, 0) is 19.9 Å². The lowest BCUT2D eigenvalue weighted by Gasteiger charge is -2.18. The minimum atomic E-state index is -0.411. The Labute approximate surface area is 138 Å². The number of carbonyl (C=O) groups excluding carboxylic acids is 1. The van der Waals surface area contributed by atoms with Crippen molar-refractivity contribution in [2.24, 2.45) is 5.73 Å². The Balaban J connectivity index is 1.90. The molecule has 5 nitrogen and oxygen atoms in total. The summed E-state index contributed by atoms with van der Waals surface area (Å²) in [4.78, 5) is 16.0. The third kappa shape index (κ3) is 4.96. The molecule has 1 heterocycles. The standard InChI is InChI=1S/C16H20BrN3O2/c1-16(2,18)10-20-14(21)7-8-15-19-9-13(22-15)11-5-3-4-6-12(11)17/h3-6,9H,7-8,10,18H2,1-2H3,(H,20,21). The van der Waals surface area contributed by atoms with Gasteiger partial charge in [0.25, 0.3) is 0 Å². The molecule has 22 heavy (non-hydrogen) atoms. The SMILES string of the molecule is CC(C)(N)CNC(=O)CCc1ncc(-c2ccccc2Br)o1. The first-order valence-electron chi connectivity index (χ1n) is 7.10. The number of hydrogen-bond donors (Lipinski definition) is 2. The van der Waals surface area contributed by atoms with Crippen LogP contribution in [0.4, 0.5) is 0 Å².